The van der Waals surface area contributed by atoms with Crippen LogP contribution in [-0.4, -0.2) is 36.8 Å². The van der Waals surface area contributed by atoms with Gasteiger partial charge in [0.2, 0.25) is 5.89 Å². The molecule has 0 unspecified atom stereocenters. The number of nitrogens with zero attached hydrogens (tertiary/aromatic N) is 5. The standard InChI is InChI=1S/C18H18N6O3/c1-18(13-9-19-23(2)10-13)16(25)24(17(26)21-18)11-15-20-14(22-27-15)8-12-6-4-3-5-7-12/h3-7,9-10H,8,11H2,1-2H3,(H,21,26)/t18-/m0/s1. The minimum atomic E-state index is -1.17. The molecule has 9 nitrogen and oxygen atoms in total. The Bertz CT molecular complexity index is 995. The number of aryl methyl sites for hydroxylation is 1. The van der Waals surface area contributed by atoms with Crippen LogP contribution in [0.25, 0.3) is 0 Å². The van der Waals surface area contributed by atoms with E-state index in [-0.39, 0.29) is 18.3 Å². The average Bonchev–Trinajstić information content (AvgIpc) is 3.33. The minimum absolute atomic E-state index is 0.0810. The first-order chi connectivity index (χ1) is 13.0. The van der Waals surface area contributed by atoms with Crippen molar-refractivity contribution in [2.24, 2.45) is 7.05 Å². The second kappa shape index (κ2) is 6.35. The Kier molecular flexibility index (Phi) is 3.98. The number of aromatic nitrogens is 4. The van der Waals surface area contributed by atoms with Gasteiger partial charge in [0.05, 0.1) is 6.20 Å². The van der Waals surface area contributed by atoms with Crippen molar-refractivity contribution in [3.05, 3.63) is 65.6 Å². The summed E-state index contributed by atoms with van der Waals surface area (Å²) in [7, 11) is 1.75. The summed E-state index contributed by atoms with van der Waals surface area (Å²) in [5.74, 6) is 0.321. The Labute approximate surface area is 155 Å². The fourth-order valence-electron chi connectivity index (χ4n) is 3.06. The largest absolute Gasteiger partial charge is 0.337 e. The summed E-state index contributed by atoms with van der Waals surface area (Å²) < 4.78 is 6.80. The van der Waals surface area contributed by atoms with Gasteiger partial charge in [0.15, 0.2) is 5.82 Å². The van der Waals surface area contributed by atoms with Crippen LogP contribution in [0.2, 0.25) is 0 Å². The molecule has 0 bridgehead atoms. The van der Waals surface area contributed by atoms with Crippen LogP contribution in [-0.2, 0) is 30.3 Å². The topological polar surface area (TPSA) is 106 Å². The molecule has 3 heterocycles. The molecule has 1 atom stereocenters. The maximum atomic E-state index is 12.9. The van der Waals surface area contributed by atoms with Crippen LogP contribution in [0.3, 0.4) is 0 Å². The van der Waals surface area contributed by atoms with Crippen molar-refractivity contribution in [1.82, 2.24) is 30.1 Å². The Hall–Kier alpha value is -3.49. The molecule has 1 aliphatic rings. The van der Waals surface area contributed by atoms with E-state index in [1.54, 1.807) is 31.0 Å². The molecule has 1 aliphatic heterocycles. The van der Waals surface area contributed by atoms with Crippen molar-refractivity contribution in [1.29, 1.82) is 0 Å². The third-order valence-electron chi connectivity index (χ3n) is 4.57. The first-order valence-electron chi connectivity index (χ1n) is 8.44. The summed E-state index contributed by atoms with van der Waals surface area (Å²) in [6.45, 7) is 1.57. The van der Waals surface area contributed by atoms with Gasteiger partial charge in [0.25, 0.3) is 5.91 Å². The Morgan fingerprint density at radius 3 is 2.70 bits per heavy atom. The molecule has 9 heteroatoms. The van der Waals surface area contributed by atoms with Crippen LogP contribution in [0.5, 0.6) is 0 Å². The predicted molar refractivity (Wildman–Crippen MR) is 93.2 cm³/mol. The zero-order valence-electron chi connectivity index (χ0n) is 14.9. The normalized spacial score (nSPS) is 19.6. The zero-order valence-corrected chi connectivity index (χ0v) is 14.9. The number of urea groups is 1. The lowest BCUT2D eigenvalue weighted by molar-refractivity contribution is -0.131. The van der Waals surface area contributed by atoms with E-state index in [1.165, 1.54) is 0 Å². The van der Waals surface area contributed by atoms with Gasteiger partial charge in [-0.3, -0.25) is 14.4 Å². The van der Waals surface area contributed by atoms with E-state index in [0.717, 1.165) is 10.5 Å². The third-order valence-corrected chi connectivity index (χ3v) is 4.57. The van der Waals surface area contributed by atoms with Gasteiger partial charge in [-0.1, -0.05) is 35.5 Å². The highest BCUT2D eigenvalue weighted by Gasteiger charge is 2.50. The molecule has 138 valence electrons. The van der Waals surface area contributed by atoms with Crippen LogP contribution < -0.4 is 5.32 Å². The lowest BCUT2D eigenvalue weighted by atomic mass is 9.95. The van der Waals surface area contributed by atoms with Crippen LogP contribution >= 0.6 is 0 Å². The van der Waals surface area contributed by atoms with Crippen molar-refractivity contribution in [3.8, 4) is 0 Å². The number of imide groups is 1. The number of hydrogen-bond acceptors (Lipinski definition) is 6. The molecular weight excluding hydrogens is 348 g/mol. The zero-order chi connectivity index (χ0) is 19.0. The lowest BCUT2D eigenvalue weighted by Crippen LogP contribution is -2.40. The number of hydrogen-bond donors (Lipinski definition) is 1. The lowest BCUT2D eigenvalue weighted by Gasteiger charge is -2.19. The number of carbonyl (C=O) groups is 2. The predicted octanol–water partition coefficient (Wildman–Crippen LogP) is 1.36. The van der Waals surface area contributed by atoms with Gasteiger partial charge in [-0.25, -0.2) is 4.79 Å². The fraction of sp³-hybridized carbons (Fsp3) is 0.278. The SMILES string of the molecule is Cn1cc([C@]2(C)NC(=O)N(Cc3nc(Cc4ccccc4)no3)C2=O)cn1. The van der Waals surface area contributed by atoms with Gasteiger partial charge in [-0.05, 0) is 12.5 Å². The Morgan fingerprint density at radius 1 is 1.22 bits per heavy atom. The summed E-state index contributed by atoms with van der Waals surface area (Å²) in [5, 5.41) is 10.7. The summed E-state index contributed by atoms with van der Waals surface area (Å²) in [6.07, 6.45) is 3.77. The van der Waals surface area contributed by atoms with E-state index in [4.69, 9.17) is 4.52 Å². The number of carbonyl (C=O) groups excluding carboxylic acids is 2. The number of benzene rings is 1. The molecule has 0 aliphatic carbocycles. The second-order valence-electron chi connectivity index (χ2n) is 6.62. The van der Waals surface area contributed by atoms with Crippen molar-refractivity contribution >= 4 is 11.9 Å². The number of rotatable bonds is 5. The fourth-order valence-corrected chi connectivity index (χ4v) is 3.06. The molecule has 3 amide bonds. The van der Waals surface area contributed by atoms with Crippen LogP contribution in [0.15, 0.2) is 47.2 Å². The van der Waals surface area contributed by atoms with E-state index < -0.39 is 11.6 Å². The summed E-state index contributed by atoms with van der Waals surface area (Å²) in [4.78, 5) is 30.6. The molecule has 2 aromatic heterocycles. The molecule has 0 saturated carbocycles. The molecule has 0 spiro atoms. The molecule has 0 radical (unpaired) electrons. The van der Waals surface area contributed by atoms with Gasteiger partial charge in [-0.2, -0.15) is 10.1 Å². The monoisotopic (exact) mass is 366 g/mol. The highest BCUT2D eigenvalue weighted by atomic mass is 16.5. The van der Waals surface area contributed by atoms with E-state index in [1.807, 2.05) is 30.3 Å². The van der Waals surface area contributed by atoms with Gasteiger partial charge in [-0.15, -0.1) is 0 Å². The highest BCUT2D eigenvalue weighted by Crippen LogP contribution is 2.29. The maximum Gasteiger partial charge on any atom is 0.325 e. The molecule has 1 fully saturated rings. The minimum Gasteiger partial charge on any atom is -0.337 e. The van der Waals surface area contributed by atoms with Gasteiger partial charge < -0.3 is 9.84 Å². The van der Waals surface area contributed by atoms with Crippen molar-refractivity contribution in [2.45, 2.75) is 25.4 Å². The molecule has 27 heavy (non-hydrogen) atoms. The summed E-state index contributed by atoms with van der Waals surface area (Å²) in [6, 6.07) is 9.22. The molecule has 4 rings (SSSR count). The maximum absolute atomic E-state index is 12.9. The molecule has 1 N–H and O–H groups in total. The first-order valence-corrected chi connectivity index (χ1v) is 8.44. The second-order valence-corrected chi connectivity index (χ2v) is 6.62. The first kappa shape index (κ1) is 17.0. The van der Waals surface area contributed by atoms with E-state index in [0.29, 0.717) is 17.8 Å². The number of amides is 3. The van der Waals surface area contributed by atoms with Gasteiger partial charge in [0.1, 0.15) is 12.1 Å². The van der Waals surface area contributed by atoms with Crippen molar-refractivity contribution in [2.75, 3.05) is 0 Å². The van der Waals surface area contributed by atoms with E-state index in [2.05, 4.69) is 20.6 Å². The molecule has 3 aromatic rings. The van der Waals surface area contributed by atoms with E-state index in [9.17, 15) is 9.59 Å². The number of nitrogens with one attached hydrogen (secondary N) is 1. The highest BCUT2D eigenvalue weighted by molar-refractivity contribution is 6.07. The van der Waals surface area contributed by atoms with Gasteiger partial charge >= 0.3 is 6.03 Å². The summed E-state index contributed by atoms with van der Waals surface area (Å²) in [5.41, 5.74) is 0.489. The van der Waals surface area contributed by atoms with Crippen LogP contribution in [0, 0.1) is 0 Å². The molecule has 1 saturated heterocycles. The van der Waals surface area contributed by atoms with Crippen LogP contribution in [0.4, 0.5) is 4.79 Å². The Balaban J connectivity index is 1.50. The molecular formula is C18H18N6O3. The summed E-state index contributed by atoms with van der Waals surface area (Å²) >= 11 is 0. The average molecular weight is 366 g/mol. The molecule has 1 aromatic carbocycles. The van der Waals surface area contributed by atoms with Crippen LogP contribution in [0.1, 0.15) is 29.8 Å². The quantitative estimate of drug-likeness (QED) is 0.684. The van der Waals surface area contributed by atoms with E-state index >= 15 is 0 Å². The van der Waals surface area contributed by atoms with Crippen molar-refractivity contribution < 1.29 is 14.1 Å². The van der Waals surface area contributed by atoms with Gasteiger partial charge in [0, 0.05) is 25.2 Å². The Morgan fingerprint density at radius 2 is 2.00 bits per heavy atom. The third kappa shape index (κ3) is 3.07. The van der Waals surface area contributed by atoms with Crippen molar-refractivity contribution in [3.63, 3.8) is 0 Å². The smallest absolute Gasteiger partial charge is 0.325 e.